The number of Topliss-reactive ketones (excluding diaryl/α,β-unsaturated/α-hetero) is 1. The molecule has 1 aromatic heterocycles. The number of esters is 1. The van der Waals surface area contributed by atoms with Gasteiger partial charge in [-0.05, 0) is 135 Å². The number of aromatic nitrogens is 2. The van der Waals surface area contributed by atoms with Crippen molar-refractivity contribution in [3.05, 3.63) is 47.1 Å². The first-order valence-corrected chi connectivity index (χ1v) is 20.0. The van der Waals surface area contributed by atoms with Gasteiger partial charge < -0.3 is 14.3 Å². The Balaban J connectivity index is 1.17. The maximum absolute atomic E-state index is 14.1. The first kappa shape index (κ1) is 37.9. The molecule has 53 heavy (non-hydrogen) atoms. The van der Waals surface area contributed by atoms with E-state index in [4.69, 9.17) is 9.15 Å². The summed E-state index contributed by atoms with van der Waals surface area (Å²) in [7, 11) is 0. The molecular weight excluding hydrogens is 671 g/mol. The number of carbonyl (C=O) groups is 3. The summed E-state index contributed by atoms with van der Waals surface area (Å²) in [6.45, 7) is 19.6. The van der Waals surface area contributed by atoms with Crippen LogP contribution in [-0.4, -0.2) is 39.1 Å². The predicted molar refractivity (Wildman–Crippen MR) is 199 cm³/mol. The van der Waals surface area contributed by atoms with Crippen LogP contribution >= 0.6 is 0 Å². The molecule has 4 saturated carbocycles. The number of carboxylic acids is 1. The summed E-state index contributed by atoms with van der Waals surface area (Å²) in [6, 6.07) is 6.08. The second-order valence-corrected chi connectivity index (χ2v) is 19.9. The Kier molecular flexibility index (Phi) is 9.01. The van der Waals surface area contributed by atoms with Crippen molar-refractivity contribution in [1.29, 1.82) is 0 Å². The molecule has 8 nitrogen and oxygen atoms in total. The number of nitrogens with zero attached hydrogens (tertiary/aromatic N) is 2. The number of hydrogen-bond acceptors (Lipinski definition) is 7. The van der Waals surface area contributed by atoms with Gasteiger partial charge in [-0.2, -0.15) is 0 Å². The number of carbonyl (C=O) groups excluding carboxylic acids is 2. The molecule has 8 atom stereocenters. The Labute approximate surface area is 314 Å². The van der Waals surface area contributed by atoms with Crippen LogP contribution in [0, 0.1) is 62.0 Å². The van der Waals surface area contributed by atoms with E-state index >= 15 is 0 Å². The fourth-order valence-corrected chi connectivity index (χ4v) is 13.1. The van der Waals surface area contributed by atoms with Crippen LogP contribution in [0.1, 0.15) is 132 Å². The Morgan fingerprint density at radius 3 is 2.30 bits per heavy atom. The third-order valence-corrected chi connectivity index (χ3v) is 16.0. The molecule has 1 heterocycles. The molecule has 2 aromatic rings. The second-order valence-electron chi connectivity index (χ2n) is 19.9. The summed E-state index contributed by atoms with van der Waals surface area (Å²) in [6.07, 6.45) is 8.53. The van der Waals surface area contributed by atoms with Crippen LogP contribution in [0.25, 0.3) is 11.5 Å². The van der Waals surface area contributed by atoms with Crippen molar-refractivity contribution in [2.75, 3.05) is 0 Å². The lowest BCUT2D eigenvalue weighted by atomic mass is 9.33. The molecule has 4 fully saturated rings. The predicted octanol–water partition coefficient (Wildman–Crippen LogP) is 9.81. The Morgan fingerprint density at radius 1 is 0.943 bits per heavy atom. The molecule has 0 aliphatic heterocycles. The molecular formula is C44H59FN2O6. The molecule has 1 N–H and O–H groups in total. The van der Waals surface area contributed by atoms with Crippen molar-refractivity contribution >= 4 is 17.7 Å². The SMILES string of the molecule is CC(C)C1=C2[C@H]3CC[C@@H]4[C@@]5(C)CC[C@H](OC(=O)CC(C)(C)C(=O)O)C(C)(C)[C@@H]5CC[C@@]4(C)[C@]3(C)CC[C@@]2(Cc2nnc(-c3ccc(F)cc3)o2)CC1=O. The van der Waals surface area contributed by atoms with E-state index in [1.54, 1.807) is 26.0 Å². The molecule has 5 aliphatic rings. The van der Waals surface area contributed by atoms with Crippen LogP contribution in [-0.2, 0) is 25.5 Å². The average Bonchev–Trinajstić information content (AvgIpc) is 3.64. The lowest BCUT2D eigenvalue weighted by Gasteiger charge is -2.72. The summed E-state index contributed by atoms with van der Waals surface area (Å²) in [5, 5.41) is 18.4. The fraction of sp³-hybridized carbons (Fsp3) is 0.705. The second kappa shape index (κ2) is 12.6. The number of benzene rings is 1. The van der Waals surface area contributed by atoms with Crippen LogP contribution in [0.5, 0.6) is 0 Å². The van der Waals surface area contributed by atoms with E-state index in [2.05, 4.69) is 58.7 Å². The number of fused-ring (bicyclic) bond motifs is 7. The van der Waals surface area contributed by atoms with E-state index in [-0.39, 0.29) is 63.0 Å². The highest BCUT2D eigenvalue weighted by atomic mass is 19.1. The van der Waals surface area contributed by atoms with Gasteiger partial charge in [-0.25, -0.2) is 4.39 Å². The summed E-state index contributed by atoms with van der Waals surface area (Å²) in [5.74, 6) is 0.673. The number of hydrogen-bond donors (Lipinski definition) is 1. The third kappa shape index (κ3) is 5.75. The van der Waals surface area contributed by atoms with E-state index in [9.17, 15) is 23.9 Å². The smallest absolute Gasteiger partial charge is 0.309 e. The molecule has 1 aromatic carbocycles. The molecule has 0 unspecified atom stereocenters. The number of aliphatic carboxylic acids is 1. The summed E-state index contributed by atoms with van der Waals surface area (Å²) in [5.41, 5.74) is 1.40. The van der Waals surface area contributed by atoms with Gasteiger partial charge in [0.1, 0.15) is 11.9 Å². The minimum atomic E-state index is -1.17. The van der Waals surface area contributed by atoms with Crippen LogP contribution in [0.4, 0.5) is 4.39 Å². The van der Waals surface area contributed by atoms with Crippen LogP contribution in [0.2, 0.25) is 0 Å². The minimum Gasteiger partial charge on any atom is -0.481 e. The zero-order chi connectivity index (χ0) is 38.5. The van der Waals surface area contributed by atoms with Crippen molar-refractivity contribution in [1.82, 2.24) is 10.2 Å². The summed E-state index contributed by atoms with van der Waals surface area (Å²) in [4.78, 5) is 38.9. The molecule has 0 bridgehead atoms. The maximum atomic E-state index is 14.1. The number of ether oxygens (including phenoxy) is 1. The average molecular weight is 731 g/mol. The van der Waals surface area contributed by atoms with Gasteiger partial charge in [0.25, 0.3) is 0 Å². The number of ketones is 1. The van der Waals surface area contributed by atoms with E-state index in [0.29, 0.717) is 42.0 Å². The summed E-state index contributed by atoms with van der Waals surface area (Å²) >= 11 is 0. The van der Waals surface area contributed by atoms with Crippen molar-refractivity contribution in [2.45, 2.75) is 139 Å². The highest BCUT2D eigenvalue weighted by Gasteiger charge is 2.70. The van der Waals surface area contributed by atoms with Crippen LogP contribution < -0.4 is 0 Å². The minimum absolute atomic E-state index is 0.00250. The number of rotatable bonds is 8. The van der Waals surface area contributed by atoms with Crippen molar-refractivity contribution in [3.8, 4) is 11.5 Å². The van der Waals surface area contributed by atoms with Gasteiger partial charge in [-0.3, -0.25) is 14.4 Å². The number of halogens is 1. The molecule has 0 saturated heterocycles. The highest BCUT2D eigenvalue weighted by Crippen LogP contribution is 2.77. The Bertz CT molecular complexity index is 1840. The van der Waals surface area contributed by atoms with E-state index in [1.807, 2.05) is 0 Å². The van der Waals surface area contributed by atoms with Crippen molar-refractivity contribution in [3.63, 3.8) is 0 Å². The van der Waals surface area contributed by atoms with E-state index in [0.717, 1.165) is 56.9 Å². The fourth-order valence-electron chi connectivity index (χ4n) is 13.1. The first-order valence-electron chi connectivity index (χ1n) is 20.0. The largest absolute Gasteiger partial charge is 0.481 e. The normalized spacial score (nSPS) is 36.4. The van der Waals surface area contributed by atoms with Gasteiger partial charge in [0.2, 0.25) is 11.8 Å². The lowest BCUT2D eigenvalue weighted by molar-refractivity contribution is -0.233. The molecule has 9 heteroatoms. The molecule has 0 radical (unpaired) electrons. The van der Waals surface area contributed by atoms with Gasteiger partial charge in [-0.15, -0.1) is 10.2 Å². The van der Waals surface area contributed by atoms with Gasteiger partial charge in [0.05, 0.1) is 11.8 Å². The molecule has 0 amide bonds. The van der Waals surface area contributed by atoms with Crippen LogP contribution in [0.15, 0.2) is 39.8 Å². The molecule has 288 valence electrons. The zero-order valence-corrected chi connectivity index (χ0v) is 33.2. The van der Waals surface area contributed by atoms with Gasteiger partial charge in [-0.1, -0.05) is 54.0 Å². The Morgan fingerprint density at radius 2 is 1.64 bits per heavy atom. The first-order chi connectivity index (χ1) is 24.7. The van der Waals surface area contributed by atoms with Crippen LogP contribution in [0.3, 0.4) is 0 Å². The van der Waals surface area contributed by atoms with Crippen molar-refractivity contribution < 1.29 is 33.0 Å². The quantitative estimate of drug-likeness (QED) is 0.267. The zero-order valence-electron chi connectivity index (χ0n) is 33.2. The van der Waals surface area contributed by atoms with Gasteiger partial charge in [0.15, 0.2) is 5.78 Å². The molecule has 0 spiro atoms. The highest BCUT2D eigenvalue weighted by molar-refractivity contribution is 6.00. The maximum Gasteiger partial charge on any atom is 0.309 e. The van der Waals surface area contributed by atoms with Crippen molar-refractivity contribution in [2.24, 2.45) is 56.2 Å². The topological polar surface area (TPSA) is 120 Å². The number of carboxylic acid groups (broad SMARTS) is 1. The standard InChI is InChI=1S/C44H59FN2O6/c1-25(2)35-29(48)22-44(23-33-46-47-37(53-33)26-10-12-27(45)13-11-26)21-20-42(8)28(36(35)44)14-15-31-41(7)18-17-32(52-34(49)24-39(3,4)38(50)51)40(5,6)30(41)16-19-43(31,42)9/h10-13,25,28,30-32H,14-24H2,1-9H3,(H,50,51)/t28-,30+,31-,32+,41+,42-,43-,44+/m1/s1. The monoisotopic (exact) mass is 730 g/mol. The Hall–Kier alpha value is -3.36. The van der Waals surface area contributed by atoms with E-state index < -0.39 is 17.4 Å². The molecule has 7 rings (SSSR count). The van der Waals surface area contributed by atoms with Gasteiger partial charge >= 0.3 is 11.9 Å². The molecule has 5 aliphatic carbocycles. The van der Waals surface area contributed by atoms with Gasteiger partial charge in [0, 0.05) is 29.2 Å². The lowest BCUT2D eigenvalue weighted by Crippen LogP contribution is -2.65. The third-order valence-electron chi connectivity index (χ3n) is 16.0. The summed E-state index contributed by atoms with van der Waals surface area (Å²) < 4.78 is 26.0. The number of allylic oxidation sites excluding steroid dienone is 2. The van der Waals surface area contributed by atoms with E-state index in [1.165, 1.54) is 17.7 Å².